The Morgan fingerprint density at radius 1 is 1.47 bits per heavy atom. The lowest BCUT2D eigenvalue weighted by molar-refractivity contribution is 0.0947. The first-order valence-corrected chi connectivity index (χ1v) is 6.67. The fourth-order valence-electron chi connectivity index (χ4n) is 2.50. The van der Waals surface area contributed by atoms with Gasteiger partial charge in [-0.1, -0.05) is 19.4 Å². The molecular formula is C14H19NOS. The van der Waals surface area contributed by atoms with E-state index in [1.165, 1.54) is 19.3 Å². The highest BCUT2D eigenvalue weighted by atomic mass is 32.1. The van der Waals surface area contributed by atoms with Crippen molar-refractivity contribution >= 4 is 18.5 Å². The molecule has 0 aromatic heterocycles. The van der Waals surface area contributed by atoms with E-state index in [0.29, 0.717) is 11.5 Å². The average molecular weight is 249 g/mol. The van der Waals surface area contributed by atoms with E-state index in [0.717, 1.165) is 17.4 Å². The standard InChI is InChI=1S/C14H19NOS/c1-10-5-6-11(7-10)9-15-14(16)12-3-2-4-13(17)8-12/h2-4,8,10-11,17H,5-7,9H2,1H3,(H,15,16). The molecule has 2 unspecified atom stereocenters. The van der Waals surface area contributed by atoms with Crippen molar-refractivity contribution in [3.05, 3.63) is 29.8 Å². The molecule has 0 bridgehead atoms. The molecule has 0 aliphatic heterocycles. The summed E-state index contributed by atoms with van der Waals surface area (Å²) in [4.78, 5) is 12.7. The summed E-state index contributed by atoms with van der Waals surface area (Å²) in [5.41, 5.74) is 0.698. The second kappa shape index (κ2) is 5.58. The molecule has 92 valence electrons. The predicted molar refractivity (Wildman–Crippen MR) is 72.5 cm³/mol. The summed E-state index contributed by atoms with van der Waals surface area (Å²) < 4.78 is 0. The van der Waals surface area contributed by atoms with Gasteiger partial charge in [0, 0.05) is 17.0 Å². The van der Waals surface area contributed by atoms with Crippen LogP contribution in [0, 0.1) is 11.8 Å². The van der Waals surface area contributed by atoms with Gasteiger partial charge < -0.3 is 5.32 Å². The van der Waals surface area contributed by atoms with Gasteiger partial charge >= 0.3 is 0 Å². The highest BCUT2D eigenvalue weighted by Gasteiger charge is 2.21. The van der Waals surface area contributed by atoms with Crippen LogP contribution in [0.1, 0.15) is 36.5 Å². The lowest BCUT2D eigenvalue weighted by atomic mass is 10.1. The van der Waals surface area contributed by atoms with Crippen molar-refractivity contribution < 1.29 is 4.79 Å². The Labute approximate surface area is 108 Å². The van der Waals surface area contributed by atoms with E-state index in [1.54, 1.807) is 6.07 Å². The zero-order chi connectivity index (χ0) is 12.3. The molecule has 1 aliphatic carbocycles. The molecule has 3 heteroatoms. The van der Waals surface area contributed by atoms with Gasteiger partial charge in [-0.2, -0.15) is 0 Å². The minimum atomic E-state index is 0.0143. The van der Waals surface area contributed by atoms with Gasteiger partial charge in [-0.25, -0.2) is 0 Å². The minimum Gasteiger partial charge on any atom is -0.352 e. The van der Waals surface area contributed by atoms with Crippen LogP contribution in [0.2, 0.25) is 0 Å². The first kappa shape index (κ1) is 12.5. The van der Waals surface area contributed by atoms with E-state index in [1.807, 2.05) is 18.2 Å². The minimum absolute atomic E-state index is 0.0143. The number of hydrogen-bond donors (Lipinski definition) is 2. The molecule has 1 aromatic rings. The van der Waals surface area contributed by atoms with E-state index >= 15 is 0 Å². The normalized spacial score (nSPS) is 23.6. The van der Waals surface area contributed by atoms with Crippen LogP contribution in [-0.2, 0) is 0 Å². The van der Waals surface area contributed by atoms with Gasteiger partial charge in [-0.15, -0.1) is 12.6 Å². The number of carbonyl (C=O) groups is 1. The van der Waals surface area contributed by atoms with Crippen LogP contribution in [0.3, 0.4) is 0 Å². The topological polar surface area (TPSA) is 29.1 Å². The summed E-state index contributed by atoms with van der Waals surface area (Å²) in [7, 11) is 0. The maximum absolute atomic E-state index is 11.9. The number of hydrogen-bond acceptors (Lipinski definition) is 2. The molecule has 17 heavy (non-hydrogen) atoms. The van der Waals surface area contributed by atoms with Gasteiger partial charge in [0.15, 0.2) is 0 Å². The molecule has 0 radical (unpaired) electrons. The largest absolute Gasteiger partial charge is 0.352 e. The van der Waals surface area contributed by atoms with Crippen molar-refractivity contribution in [3.8, 4) is 0 Å². The summed E-state index contributed by atoms with van der Waals surface area (Å²) in [5.74, 6) is 1.49. The van der Waals surface area contributed by atoms with E-state index in [-0.39, 0.29) is 5.91 Å². The summed E-state index contributed by atoms with van der Waals surface area (Å²) in [5, 5.41) is 3.02. The quantitative estimate of drug-likeness (QED) is 0.792. The van der Waals surface area contributed by atoms with E-state index < -0.39 is 0 Å². The molecule has 2 nitrogen and oxygen atoms in total. The van der Waals surface area contributed by atoms with Crippen LogP contribution < -0.4 is 5.32 Å². The molecule has 2 rings (SSSR count). The fourth-order valence-corrected chi connectivity index (χ4v) is 2.72. The number of thiol groups is 1. The first-order valence-electron chi connectivity index (χ1n) is 6.22. The summed E-state index contributed by atoms with van der Waals surface area (Å²) >= 11 is 4.24. The Morgan fingerprint density at radius 3 is 2.94 bits per heavy atom. The molecule has 0 spiro atoms. The van der Waals surface area contributed by atoms with Gasteiger partial charge in [-0.3, -0.25) is 4.79 Å². The van der Waals surface area contributed by atoms with Gasteiger partial charge in [0.2, 0.25) is 0 Å². The molecule has 0 heterocycles. The molecule has 1 amide bonds. The van der Waals surface area contributed by atoms with Crippen molar-refractivity contribution in [1.82, 2.24) is 5.32 Å². The van der Waals surface area contributed by atoms with E-state index in [2.05, 4.69) is 24.9 Å². The Balaban J connectivity index is 1.85. The van der Waals surface area contributed by atoms with Crippen LogP contribution in [0.15, 0.2) is 29.2 Å². The Kier molecular flexibility index (Phi) is 4.11. The second-order valence-corrected chi connectivity index (χ2v) is 5.56. The molecule has 1 N–H and O–H groups in total. The molecule has 0 saturated heterocycles. The molecule has 1 fully saturated rings. The molecular weight excluding hydrogens is 230 g/mol. The third-order valence-electron chi connectivity index (χ3n) is 3.46. The second-order valence-electron chi connectivity index (χ2n) is 5.04. The number of amides is 1. The van der Waals surface area contributed by atoms with Gasteiger partial charge in [0.25, 0.3) is 5.91 Å². The van der Waals surface area contributed by atoms with Gasteiger partial charge in [-0.05, 0) is 42.9 Å². The van der Waals surface area contributed by atoms with Gasteiger partial charge in [0.1, 0.15) is 0 Å². The number of benzene rings is 1. The SMILES string of the molecule is CC1CCC(CNC(=O)c2cccc(S)c2)C1. The van der Waals surface area contributed by atoms with Gasteiger partial charge in [0.05, 0.1) is 0 Å². The van der Waals surface area contributed by atoms with Crippen LogP contribution in [-0.4, -0.2) is 12.5 Å². The van der Waals surface area contributed by atoms with Crippen molar-refractivity contribution in [1.29, 1.82) is 0 Å². The third-order valence-corrected chi connectivity index (χ3v) is 3.74. The lowest BCUT2D eigenvalue weighted by Crippen LogP contribution is -2.28. The molecule has 2 atom stereocenters. The van der Waals surface area contributed by atoms with Crippen LogP contribution >= 0.6 is 12.6 Å². The average Bonchev–Trinajstić information content (AvgIpc) is 2.72. The van der Waals surface area contributed by atoms with E-state index in [9.17, 15) is 4.79 Å². The summed E-state index contributed by atoms with van der Waals surface area (Å²) in [6.07, 6.45) is 3.79. The van der Waals surface area contributed by atoms with E-state index in [4.69, 9.17) is 0 Å². The highest BCUT2D eigenvalue weighted by molar-refractivity contribution is 7.80. The smallest absolute Gasteiger partial charge is 0.251 e. The first-order chi connectivity index (χ1) is 8.15. The number of rotatable bonds is 3. The fraction of sp³-hybridized carbons (Fsp3) is 0.500. The monoisotopic (exact) mass is 249 g/mol. The number of carbonyl (C=O) groups excluding carboxylic acids is 1. The predicted octanol–water partition coefficient (Wildman–Crippen LogP) is 3.14. The maximum atomic E-state index is 11.9. The molecule has 1 aliphatic rings. The Hall–Kier alpha value is -0.960. The van der Waals surface area contributed by atoms with Crippen LogP contribution in [0.5, 0.6) is 0 Å². The molecule has 1 aromatic carbocycles. The van der Waals surface area contributed by atoms with Crippen molar-refractivity contribution in [2.75, 3.05) is 6.54 Å². The Bertz CT molecular complexity index is 405. The lowest BCUT2D eigenvalue weighted by Gasteiger charge is -2.11. The van der Waals surface area contributed by atoms with Crippen LogP contribution in [0.25, 0.3) is 0 Å². The van der Waals surface area contributed by atoms with Crippen molar-refractivity contribution in [3.63, 3.8) is 0 Å². The Morgan fingerprint density at radius 2 is 2.29 bits per heavy atom. The molecule has 1 saturated carbocycles. The zero-order valence-electron chi connectivity index (χ0n) is 10.1. The summed E-state index contributed by atoms with van der Waals surface area (Å²) in [6, 6.07) is 7.36. The third kappa shape index (κ3) is 3.50. The summed E-state index contributed by atoms with van der Waals surface area (Å²) in [6.45, 7) is 3.09. The van der Waals surface area contributed by atoms with Crippen LogP contribution in [0.4, 0.5) is 0 Å². The highest BCUT2D eigenvalue weighted by Crippen LogP contribution is 2.29. The zero-order valence-corrected chi connectivity index (χ0v) is 11.0. The maximum Gasteiger partial charge on any atom is 0.251 e. The van der Waals surface area contributed by atoms with Crippen molar-refractivity contribution in [2.45, 2.75) is 31.1 Å². The van der Waals surface area contributed by atoms with Crippen molar-refractivity contribution in [2.24, 2.45) is 11.8 Å². The number of nitrogens with one attached hydrogen (secondary N) is 1.